The molecule has 0 unspecified atom stereocenters. The third-order valence-corrected chi connectivity index (χ3v) is 4.77. The van der Waals surface area contributed by atoms with Crippen LogP contribution < -0.4 is 19.6 Å². The van der Waals surface area contributed by atoms with Crippen molar-refractivity contribution in [3.8, 4) is 28.4 Å². The summed E-state index contributed by atoms with van der Waals surface area (Å²) in [7, 11) is 2.96. The van der Waals surface area contributed by atoms with Gasteiger partial charge in [-0.05, 0) is 57.5 Å². The molecule has 3 aromatic rings. The highest BCUT2D eigenvalue weighted by Crippen LogP contribution is 2.34. The van der Waals surface area contributed by atoms with Gasteiger partial charge in [0.1, 0.15) is 16.9 Å². The van der Waals surface area contributed by atoms with Crippen molar-refractivity contribution in [2.24, 2.45) is 0 Å². The van der Waals surface area contributed by atoms with Crippen LogP contribution in [0.4, 0.5) is 0 Å². The quantitative estimate of drug-likeness (QED) is 0.430. The number of benzene rings is 2. The Hall–Kier alpha value is -4.01. The summed E-state index contributed by atoms with van der Waals surface area (Å²) < 4.78 is 32.3. The lowest BCUT2D eigenvalue weighted by molar-refractivity contribution is -0.157. The van der Waals surface area contributed by atoms with Gasteiger partial charge in [0.05, 0.1) is 31.8 Å². The second-order valence-electron chi connectivity index (χ2n) is 8.46. The van der Waals surface area contributed by atoms with Gasteiger partial charge >= 0.3 is 11.9 Å². The van der Waals surface area contributed by atoms with Crippen LogP contribution in [-0.2, 0) is 14.3 Å². The summed E-state index contributed by atoms with van der Waals surface area (Å²) in [5.74, 6) is -0.497. The molecule has 35 heavy (non-hydrogen) atoms. The van der Waals surface area contributed by atoms with E-state index in [9.17, 15) is 14.4 Å². The molecule has 3 rings (SSSR count). The predicted molar refractivity (Wildman–Crippen MR) is 128 cm³/mol. The average Bonchev–Trinajstić information content (AvgIpc) is 2.81. The third-order valence-electron chi connectivity index (χ3n) is 4.77. The summed E-state index contributed by atoms with van der Waals surface area (Å²) >= 11 is 0. The number of hydrogen-bond acceptors (Lipinski definition) is 9. The number of rotatable bonds is 8. The lowest BCUT2D eigenvalue weighted by Gasteiger charge is -2.19. The zero-order chi connectivity index (χ0) is 25.8. The predicted octanol–water partition coefficient (Wildman–Crippen LogP) is 4.37. The van der Waals surface area contributed by atoms with Gasteiger partial charge in [-0.2, -0.15) is 0 Å². The van der Waals surface area contributed by atoms with E-state index in [1.54, 1.807) is 45.9 Å². The molecule has 0 aliphatic heterocycles. The SMILES string of the molecule is CCOC(=O)c1oc2cc(OCC(=O)OC(C)(C)C)ccc2c(=O)c1-c1ccc(OC)c(OC)c1. The van der Waals surface area contributed by atoms with Crippen molar-refractivity contribution in [3.05, 3.63) is 52.4 Å². The minimum atomic E-state index is -0.795. The Bertz CT molecular complexity index is 1300. The smallest absolute Gasteiger partial charge is 0.375 e. The van der Waals surface area contributed by atoms with Crippen LogP contribution in [-0.4, -0.2) is 45.0 Å². The molecule has 0 spiro atoms. The van der Waals surface area contributed by atoms with E-state index >= 15 is 0 Å². The first-order chi connectivity index (χ1) is 16.6. The van der Waals surface area contributed by atoms with Crippen LogP contribution in [0.1, 0.15) is 38.2 Å². The zero-order valence-corrected chi connectivity index (χ0v) is 20.6. The molecule has 0 saturated carbocycles. The average molecular weight is 485 g/mol. The van der Waals surface area contributed by atoms with E-state index in [2.05, 4.69) is 0 Å². The van der Waals surface area contributed by atoms with Crippen LogP contribution in [0.5, 0.6) is 17.2 Å². The molecular formula is C26H28O9. The molecule has 0 atom stereocenters. The molecule has 186 valence electrons. The summed E-state index contributed by atoms with van der Waals surface area (Å²) in [6.07, 6.45) is 0. The minimum absolute atomic E-state index is 0.0272. The summed E-state index contributed by atoms with van der Waals surface area (Å²) in [4.78, 5) is 38.2. The van der Waals surface area contributed by atoms with Crippen LogP contribution in [0.3, 0.4) is 0 Å². The Morgan fingerprint density at radius 1 is 0.971 bits per heavy atom. The Balaban J connectivity index is 2.08. The highest BCUT2D eigenvalue weighted by Gasteiger charge is 2.24. The van der Waals surface area contributed by atoms with E-state index in [1.807, 2.05) is 0 Å². The fraction of sp³-hybridized carbons (Fsp3) is 0.346. The van der Waals surface area contributed by atoms with Crippen molar-refractivity contribution in [2.75, 3.05) is 27.4 Å². The van der Waals surface area contributed by atoms with Crippen molar-refractivity contribution in [3.63, 3.8) is 0 Å². The van der Waals surface area contributed by atoms with Gasteiger partial charge in [0.25, 0.3) is 0 Å². The Labute approximate surface area is 202 Å². The van der Waals surface area contributed by atoms with Crippen LogP contribution in [0.25, 0.3) is 22.1 Å². The Morgan fingerprint density at radius 3 is 2.31 bits per heavy atom. The standard InChI is InChI=1S/C26H28O9/c1-7-32-25(29)24-22(15-8-11-18(30-5)20(12-15)31-6)23(28)17-10-9-16(13-19(17)34-24)33-14-21(27)35-26(2,3)4/h8-13H,7,14H2,1-6H3. The van der Waals surface area contributed by atoms with Crippen molar-refractivity contribution in [1.29, 1.82) is 0 Å². The van der Waals surface area contributed by atoms with E-state index in [0.29, 0.717) is 17.1 Å². The largest absolute Gasteiger partial charge is 0.493 e. The fourth-order valence-electron chi connectivity index (χ4n) is 3.37. The maximum Gasteiger partial charge on any atom is 0.375 e. The normalized spacial score (nSPS) is 11.1. The third kappa shape index (κ3) is 5.92. The van der Waals surface area contributed by atoms with Gasteiger partial charge in [-0.25, -0.2) is 9.59 Å². The molecular weight excluding hydrogens is 456 g/mol. The van der Waals surface area contributed by atoms with Gasteiger partial charge in [0.15, 0.2) is 18.1 Å². The van der Waals surface area contributed by atoms with Crippen molar-refractivity contribution in [2.45, 2.75) is 33.3 Å². The second kappa shape index (κ2) is 10.5. The number of fused-ring (bicyclic) bond motifs is 1. The van der Waals surface area contributed by atoms with E-state index in [-0.39, 0.29) is 41.3 Å². The topological polar surface area (TPSA) is 111 Å². The number of carbonyl (C=O) groups is 2. The summed E-state index contributed by atoms with van der Waals surface area (Å²) in [6.45, 7) is 6.66. The van der Waals surface area contributed by atoms with Gasteiger partial charge in [0.2, 0.25) is 11.2 Å². The molecule has 0 bridgehead atoms. The van der Waals surface area contributed by atoms with E-state index in [0.717, 1.165) is 0 Å². The monoisotopic (exact) mass is 484 g/mol. The number of ether oxygens (including phenoxy) is 5. The first-order valence-corrected chi connectivity index (χ1v) is 10.9. The maximum atomic E-state index is 13.5. The molecule has 1 aromatic heterocycles. The van der Waals surface area contributed by atoms with Crippen LogP contribution >= 0.6 is 0 Å². The Morgan fingerprint density at radius 2 is 1.69 bits per heavy atom. The Kier molecular flexibility index (Phi) is 7.68. The molecule has 0 N–H and O–H groups in total. The lowest BCUT2D eigenvalue weighted by atomic mass is 10.0. The van der Waals surface area contributed by atoms with Gasteiger partial charge < -0.3 is 28.1 Å². The minimum Gasteiger partial charge on any atom is -0.493 e. The van der Waals surface area contributed by atoms with Gasteiger partial charge in [-0.15, -0.1) is 0 Å². The second-order valence-corrected chi connectivity index (χ2v) is 8.46. The first kappa shape index (κ1) is 25.6. The van der Waals surface area contributed by atoms with Crippen LogP contribution in [0.15, 0.2) is 45.6 Å². The summed E-state index contributed by atoms with van der Waals surface area (Å²) in [6, 6.07) is 9.30. The molecule has 0 aliphatic carbocycles. The number of esters is 2. The molecule has 2 aromatic carbocycles. The molecule has 0 radical (unpaired) electrons. The van der Waals surface area contributed by atoms with Crippen LogP contribution in [0.2, 0.25) is 0 Å². The highest BCUT2D eigenvalue weighted by atomic mass is 16.6. The first-order valence-electron chi connectivity index (χ1n) is 10.9. The number of carbonyl (C=O) groups excluding carboxylic acids is 2. The summed E-state index contributed by atoms with van der Waals surface area (Å²) in [5.41, 5.74) is -0.568. The maximum absolute atomic E-state index is 13.5. The van der Waals surface area contributed by atoms with E-state index < -0.39 is 23.0 Å². The fourth-order valence-corrected chi connectivity index (χ4v) is 3.37. The zero-order valence-electron chi connectivity index (χ0n) is 20.6. The summed E-state index contributed by atoms with van der Waals surface area (Å²) in [5, 5.41) is 0.215. The number of methoxy groups -OCH3 is 2. The van der Waals surface area contributed by atoms with Crippen LogP contribution in [0, 0.1) is 0 Å². The van der Waals surface area contributed by atoms with Gasteiger partial charge in [-0.3, -0.25) is 4.79 Å². The molecule has 1 heterocycles. The molecule has 0 fully saturated rings. The molecule has 0 aliphatic rings. The highest BCUT2D eigenvalue weighted by molar-refractivity contribution is 5.98. The van der Waals surface area contributed by atoms with E-state index in [1.165, 1.54) is 32.4 Å². The van der Waals surface area contributed by atoms with E-state index in [4.69, 9.17) is 28.1 Å². The van der Waals surface area contributed by atoms with Crippen molar-refractivity contribution in [1.82, 2.24) is 0 Å². The molecule has 0 saturated heterocycles. The lowest BCUT2D eigenvalue weighted by Crippen LogP contribution is -2.27. The van der Waals surface area contributed by atoms with Gasteiger partial charge in [-0.1, -0.05) is 6.07 Å². The molecule has 0 amide bonds. The van der Waals surface area contributed by atoms with Gasteiger partial charge in [0, 0.05) is 6.07 Å². The van der Waals surface area contributed by atoms with Crippen molar-refractivity contribution < 1.29 is 37.7 Å². The molecule has 9 heteroatoms. The van der Waals surface area contributed by atoms with Crippen molar-refractivity contribution >= 4 is 22.9 Å². The number of hydrogen-bond donors (Lipinski definition) is 0. The molecule has 9 nitrogen and oxygen atoms in total.